The average Bonchev–Trinajstić information content (AvgIpc) is 2.33. The molecule has 0 saturated carbocycles. The molecule has 1 heterocycles. The van der Waals surface area contributed by atoms with Crippen LogP contribution in [0.5, 0.6) is 0 Å². The van der Waals surface area contributed by atoms with Gasteiger partial charge >= 0.3 is 0 Å². The number of pyridine rings is 1. The molecular weight excluding hydrogens is 184 g/mol. The number of nitriles is 1. The van der Waals surface area contributed by atoms with Crippen molar-refractivity contribution in [1.29, 1.82) is 5.26 Å². The molecule has 1 aromatic carbocycles. The van der Waals surface area contributed by atoms with E-state index in [1.54, 1.807) is 6.20 Å². The van der Waals surface area contributed by atoms with E-state index in [9.17, 15) is 0 Å². The topological polar surface area (TPSA) is 36.7 Å². The van der Waals surface area contributed by atoms with Crippen LogP contribution in [0.1, 0.15) is 17.2 Å². The Bertz CT molecular complexity index is 417. The Morgan fingerprint density at radius 3 is 2.33 bits per heavy atom. The maximum Gasteiger partial charge on any atom is 0.113 e. The summed E-state index contributed by atoms with van der Waals surface area (Å²) in [6.45, 7) is 0. The van der Waals surface area contributed by atoms with Crippen LogP contribution in [0.3, 0.4) is 0 Å². The highest BCUT2D eigenvalue weighted by Gasteiger charge is 2.13. The highest BCUT2D eigenvalue weighted by Crippen LogP contribution is 2.21. The van der Waals surface area contributed by atoms with Gasteiger partial charge in [0.2, 0.25) is 0 Å². The minimum atomic E-state index is -0.271. The Labute approximate surface area is 88.8 Å². The summed E-state index contributed by atoms with van der Waals surface area (Å²) in [6, 6.07) is 17.6. The van der Waals surface area contributed by atoms with Crippen LogP contribution in [0, 0.1) is 11.3 Å². The Balaban J connectivity index is 2.39. The van der Waals surface area contributed by atoms with Crippen LogP contribution in [0.25, 0.3) is 0 Å². The van der Waals surface area contributed by atoms with Gasteiger partial charge in [-0.15, -0.1) is 0 Å². The largest absolute Gasteiger partial charge is 0.260 e. The minimum absolute atomic E-state index is 0.271. The molecule has 0 unspecified atom stereocenters. The van der Waals surface area contributed by atoms with E-state index >= 15 is 0 Å². The summed E-state index contributed by atoms with van der Waals surface area (Å²) in [7, 11) is 0. The average molecular weight is 194 g/mol. The second kappa shape index (κ2) is 4.39. The first kappa shape index (κ1) is 9.42. The van der Waals surface area contributed by atoms with Gasteiger partial charge in [-0.2, -0.15) is 5.26 Å². The summed E-state index contributed by atoms with van der Waals surface area (Å²) in [5.74, 6) is -0.271. The fourth-order valence-corrected chi connectivity index (χ4v) is 1.50. The van der Waals surface area contributed by atoms with Gasteiger partial charge in [0.05, 0.1) is 11.8 Å². The molecule has 0 spiro atoms. The van der Waals surface area contributed by atoms with Gasteiger partial charge in [0, 0.05) is 6.20 Å². The second-order valence-corrected chi connectivity index (χ2v) is 3.23. The lowest BCUT2D eigenvalue weighted by atomic mass is 9.97. The summed E-state index contributed by atoms with van der Waals surface area (Å²) >= 11 is 0. The number of benzene rings is 1. The van der Waals surface area contributed by atoms with Crippen LogP contribution in [-0.2, 0) is 0 Å². The van der Waals surface area contributed by atoms with Crippen molar-refractivity contribution >= 4 is 0 Å². The predicted octanol–water partition coefficient (Wildman–Crippen LogP) is 2.74. The number of nitrogens with zero attached hydrogens (tertiary/aromatic N) is 2. The van der Waals surface area contributed by atoms with Gasteiger partial charge in [-0.1, -0.05) is 36.4 Å². The van der Waals surface area contributed by atoms with Crippen LogP contribution < -0.4 is 0 Å². The smallest absolute Gasteiger partial charge is 0.113 e. The number of rotatable bonds is 2. The third kappa shape index (κ3) is 2.03. The molecule has 0 radical (unpaired) electrons. The summed E-state index contributed by atoms with van der Waals surface area (Å²) < 4.78 is 0. The quantitative estimate of drug-likeness (QED) is 0.737. The molecule has 0 aliphatic carbocycles. The lowest BCUT2D eigenvalue weighted by Crippen LogP contribution is -1.99. The fourth-order valence-electron chi connectivity index (χ4n) is 1.50. The van der Waals surface area contributed by atoms with Gasteiger partial charge in [0.1, 0.15) is 5.92 Å². The van der Waals surface area contributed by atoms with E-state index in [2.05, 4.69) is 11.1 Å². The van der Waals surface area contributed by atoms with E-state index in [-0.39, 0.29) is 5.92 Å². The number of aromatic nitrogens is 1. The highest BCUT2D eigenvalue weighted by molar-refractivity contribution is 5.33. The van der Waals surface area contributed by atoms with Crippen LogP contribution in [0.15, 0.2) is 54.7 Å². The molecule has 2 heteroatoms. The molecule has 1 aromatic heterocycles. The molecule has 2 nitrogen and oxygen atoms in total. The molecule has 0 bridgehead atoms. The van der Waals surface area contributed by atoms with Gasteiger partial charge in [-0.3, -0.25) is 4.98 Å². The van der Waals surface area contributed by atoms with Gasteiger partial charge in [-0.05, 0) is 17.7 Å². The van der Waals surface area contributed by atoms with E-state index in [0.717, 1.165) is 11.3 Å². The molecule has 15 heavy (non-hydrogen) atoms. The molecule has 0 fully saturated rings. The zero-order valence-electron chi connectivity index (χ0n) is 8.17. The highest BCUT2D eigenvalue weighted by atomic mass is 14.7. The third-order valence-corrected chi connectivity index (χ3v) is 2.25. The van der Waals surface area contributed by atoms with Crippen molar-refractivity contribution in [2.24, 2.45) is 0 Å². The standard InChI is InChI=1S/C13H10N2/c14-10-12(11-6-2-1-3-7-11)13-8-4-5-9-15-13/h1-9,12H/t12-/m0/s1. The molecule has 72 valence electrons. The molecule has 2 rings (SSSR count). The Hall–Kier alpha value is -2.14. The summed E-state index contributed by atoms with van der Waals surface area (Å²) in [5.41, 5.74) is 1.78. The van der Waals surface area contributed by atoms with Gasteiger partial charge in [0.15, 0.2) is 0 Å². The maximum atomic E-state index is 9.14. The molecule has 0 saturated heterocycles. The Morgan fingerprint density at radius 1 is 1.00 bits per heavy atom. The molecule has 0 amide bonds. The van der Waals surface area contributed by atoms with Crippen LogP contribution in [-0.4, -0.2) is 4.98 Å². The normalized spacial score (nSPS) is 11.7. The van der Waals surface area contributed by atoms with Gasteiger partial charge < -0.3 is 0 Å². The summed E-state index contributed by atoms with van der Waals surface area (Å²) in [5, 5.41) is 9.14. The predicted molar refractivity (Wildman–Crippen MR) is 58.1 cm³/mol. The van der Waals surface area contributed by atoms with Crippen LogP contribution >= 0.6 is 0 Å². The summed E-state index contributed by atoms with van der Waals surface area (Å²) in [4.78, 5) is 4.20. The maximum absolute atomic E-state index is 9.14. The van der Waals surface area contributed by atoms with Crippen LogP contribution in [0.2, 0.25) is 0 Å². The van der Waals surface area contributed by atoms with Crippen molar-refractivity contribution < 1.29 is 0 Å². The molecular formula is C13H10N2. The fraction of sp³-hybridized carbons (Fsp3) is 0.0769. The third-order valence-electron chi connectivity index (χ3n) is 2.25. The van der Waals surface area contributed by atoms with Crippen molar-refractivity contribution in [1.82, 2.24) is 4.98 Å². The minimum Gasteiger partial charge on any atom is -0.260 e. The van der Waals surface area contributed by atoms with E-state index in [0.29, 0.717) is 0 Å². The van der Waals surface area contributed by atoms with E-state index in [4.69, 9.17) is 5.26 Å². The molecule has 1 atom stereocenters. The summed E-state index contributed by atoms with van der Waals surface area (Å²) in [6.07, 6.45) is 1.71. The van der Waals surface area contributed by atoms with Gasteiger partial charge in [-0.25, -0.2) is 0 Å². The molecule has 0 N–H and O–H groups in total. The van der Waals surface area contributed by atoms with Crippen molar-refractivity contribution in [3.8, 4) is 6.07 Å². The molecule has 0 aliphatic heterocycles. The number of hydrogen-bond donors (Lipinski definition) is 0. The van der Waals surface area contributed by atoms with E-state index in [1.165, 1.54) is 0 Å². The van der Waals surface area contributed by atoms with Crippen molar-refractivity contribution in [3.63, 3.8) is 0 Å². The van der Waals surface area contributed by atoms with E-state index in [1.807, 2.05) is 48.5 Å². The first-order chi connectivity index (χ1) is 7.42. The van der Waals surface area contributed by atoms with E-state index < -0.39 is 0 Å². The monoisotopic (exact) mass is 194 g/mol. The van der Waals surface area contributed by atoms with Crippen molar-refractivity contribution in [3.05, 3.63) is 66.0 Å². The van der Waals surface area contributed by atoms with Gasteiger partial charge in [0.25, 0.3) is 0 Å². The second-order valence-electron chi connectivity index (χ2n) is 3.23. The Morgan fingerprint density at radius 2 is 1.73 bits per heavy atom. The van der Waals surface area contributed by atoms with Crippen molar-refractivity contribution in [2.45, 2.75) is 5.92 Å². The first-order valence-corrected chi connectivity index (χ1v) is 4.77. The molecule has 2 aromatic rings. The SMILES string of the molecule is N#C[C@@H](c1ccccc1)c1ccccn1. The number of hydrogen-bond acceptors (Lipinski definition) is 2. The molecule has 0 aliphatic rings. The zero-order valence-corrected chi connectivity index (χ0v) is 8.17. The lowest BCUT2D eigenvalue weighted by molar-refractivity contribution is 0.966. The van der Waals surface area contributed by atoms with Crippen LogP contribution in [0.4, 0.5) is 0 Å². The lowest BCUT2D eigenvalue weighted by Gasteiger charge is -2.07. The van der Waals surface area contributed by atoms with Crippen molar-refractivity contribution in [2.75, 3.05) is 0 Å². The first-order valence-electron chi connectivity index (χ1n) is 4.77. The Kier molecular flexibility index (Phi) is 2.75. The zero-order chi connectivity index (χ0) is 10.5.